The molecule has 594 valence electrons. The number of carbonyl (C=O) groups is 8. The Labute approximate surface area is 655 Å². The molecule has 0 radical (unpaired) electrons. The van der Waals surface area contributed by atoms with Gasteiger partial charge in [-0.3, -0.25) is 38.0 Å². The maximum absolute atomic E-state index is 15.3. The van der Waals surface area contributed by atoms with E-state index in [-0.39, 0.29) is 167 Å². The zero-order valence-electron chi connectivity index (χ0n) is 64.2. The number of aliphatic hydroxyl groups excluding tert-OH is 1. The fraction of sp³-hybridized carbons (Fsp3) is 0.435. The third kappa shape index (κ3) is 17.6. The molecule has 6 bridgehead atoms. The number of ether oxygens (including phenoxy) is 10. The molecule has 28 nitrogen and oxygen atoms in total. The van der Waals surface area contributed by atoms with E-state index < -0.39 is 54.1 Å². The minimum absolute atomic E-state index is 0.0105. The molecular formula is C85H96N9O19+. The molecule has 2 saturated heterocycles. The normalized spacial score (nSPS) is 22.8. The van der Waals surface area contributed by atoms with Crippen LogP contribution in [0.25, 0.3) is 5.57 Å². The van der Waals surface area contributed by atoms with E-state index in [0.29, 0.717) is 85.2 Å². The van der Waals surface area contributed by atoms with E-state index in [1.807, 2.05) is 92.0 Å². The van der Waals surface area contributed by atoms with Crippen molar-refractivity contribution in [2.45, 2.75) is 115 Å². The summed E-state index contributed by atoms with van der Waals surface area (Å²) in [6.45, 7) is 6.72. The summed E-state index contributed by atoms with van der Waals surface area (Å²) in [6, 6.07) is 32.3. The number of hydrogen-bond donors (Lipinski definition) is 5. The monoisotopic (exact) mass is 1550 g/mol. The highest BCUT2D eigenvalue weighted by Gasteiger charge is 2.66. The van der Waals surface area contributed by atoms with Crippen LogP contribution in [0.15, 0.2) is 128 Å². The molecule has 8 aliphatic heterocycles. The molecule has 5 N–H and O–H groups in total. The Bertz CT molecular complexity index is 4670. The fourth-order valence-electron chi connectivity index (χ4n) is 16.1. The van der Waals surface area contributed by atoms with Crippen LogP contribution >= 0.6 is 0 Å². The molecule has 0 aromatic heterocycles. The number of amides is 8. The van der Waals surface area contributed by atoms with Gasteiger partial charge in [-0.25, -0.2) is 9.69 Å². The molecule has 3 fully saturated rings. The lowest BCUT2D eigenvalue weighted by atomic mass is 9.95. The molecule has 6 aromatic rings. The van der Waals surface area contributed by atoms with Crippen LogP contribution in [0.1, 0.15) is 114 Å². The third-order valence-corrected chi connectivity index (χ3v) is 22.5. The van der Waals surface area contributed by atoms with Gasteiger partial charge in [-0.15, -0.1) is 0 Å². The van der Waals surface area contributed by atoms with Gasteiger partial charge in [0.2, 0.25) is 29.5 Å². The highest BCUT2D eigenvalue weighted by Crippen LogP contribution is 2.57. The summed E-state index contributed by atoms with van der Waals surface area (Å²) < 4.78 is 59.3. The first kappa shape index (κ1) is 78.6. The number of carbonyl (C=O) groups excluding carboxylic acids is 8. The number of quaternary nitrogens is 1. The number of fused-ring (bicyclic) bond motifs is 18. The number of aliphatic hydroxyl groups is 1. The number of para-hydroxylation sites is 1. The predicted octanol–water partition coefficient (Wildman–Crippen LogP) is 7.87. The van der Waals surface area contributed by atoms with Crippen LogP contribution in [0.3, 0.4) is 0 Å². The zero-order chi connectivity index (χ0) is 78.9. The van der Waals surface area contributed by atoms with Gasteiger partial charge in [-0.2, -0.15) is 0 Å². The number of hydrogen-bond acceptors (Lipinski definition) is 19. The summed E-state index contributed by atoms with van der Waals surface area (Å²) in [6.07, 6.45) is 2.71. The molecule has 28 heteroatoms. The smallest absolute Gasteiger partial charge is 0.416 e. The Morgan fingerprint density at radius 3 is 2.01 bits per heavy atom. The van der Waals surface area contributed by atoms with Gasteiger partial charge in [0, 0.05) is 92.3 Å². The maximum Gasteiger partial charge on any atom is 0.416 e. The standard InChI is InChI=1S/C85H95N9O19/c1-53-70-50-94(70)49-62-41-60(57-19-23-63(104-3)24-20-57)48-90(62)82(101)65-43-72(106-5)74(45-69(65)94)112-32-10-31-111-73-44-67-64(42-71(73)105-4)81(100)92-52-85(28-29-85)46-68(92)83(102)93(67)84(103)113-51-55-15-21-61(22-16-55)88-79(98)54(2)87-80(99)78(53)89-76(96)27-34-108-36-38-110-40-39-109-37-35-107-33-26-75(95)86-30-25-77(97)91-47-59-13-7-6-11-56(59)17-18-58-12-8-9-14-66(58)91/h6-9,11-16,19-24,42-45,48,53-54,62,68,70,78,83,102H,10,25-41,46-47,49-52H2,1-5H3,(H3-,86,87,88,89,95,96,98,99)/p+1/t53?,54?,62-,68?,70?,78-,83?,94?/m0/s1. The van der Waals surface area contributed by atoms with Gasteiger partial charge in [0.15, 0.2) is 29.2 Å². The molecule has 15 rings (SSSR count). The van der Waals surface area contributed by atoms with Gasteiger partial charge in [-0.1, -0.05) is 73.4 Å². The van der Waals surface area contributed by atoms with Crippen LogP contribution in [-0.2, 0) is 60.8 Å². The SMILES string of the molecule is COc1ccc(C2=CN3C(=O)c4cc(OC)c5cc4[N+]4(CC4C(C)[C@H](NC(=O)CCOCCOCCOCCOCCC(=O)NCCC(=O)N4Cc6ccccc6C#Cc6ccccc64)C(=O)NC(C)C(=O)Nc4ccc(cc4)COC(=O)N4c6cc(c(OC)cc6C(=O)N6CC7(CC7)CC6C4O)OCCCO5)C[C@@H]3C2)cc1. The van der Waals surface area contributed by atoms with Gasteiger partial charge < -0.3 is 88.4 Å². The predicted molar refractivity (Wildman–Crippen MR) is 416 cm³/mol. The number of anilines is 3. The number of nitrogens with one attached hydrogen (secondary N) is 4. The van der Waals surface area contributed by atoms with Gasteiger partial charge in [0.05, 0.1) is 123 Å². The second-order valence-electron chi connectivity index (χ2n) is 29.8. The number of benzene rings is 6. The van der Waals surface area contributed by atoms with Gasteiger partial charge in [0.1, 0.15) is 54.8 Å². The van der Waals surface area contributed by atoms with Crippen LogP contribution in [0.5, 0.6) is 28.7 Å². The first-order valence-electron chi connectivity index (χ1n) is 38.6. The Kier molecular flexibility index (Phi) is 24.3. The van der Waals surface area contributed by atoms with Crippen LogP contribution in [0, 0.1) is 23.2 Å². The van der Waals surface area contributed by atoms with Crippen molar-refractivity contribution in [2.75, 3.05) is 129 Å². The Balaban J connectivity index is 0.611. The summed E-state index contributed by atoms with van der Waals surface area (Å²) in [5, 5.41) is 23.8. The van der Waals surface area contributed by atoms with Gasteiger partial charge in [-0.05, 0) is 102 Å². The van der Waals surface area contributed by atoms with Gasteiger partial charge in [0.25, 0.3) is 11.8 Å². The average molecular weight is 1550 g/mol. The van der Waals surface area contributed by atoms with Gasteiger partial charge >= 0.3 is 6.09 Å². The molecular weight excluding hydrogens is 1450 g/mol. The Morgan fingerprint density at radius 1 is 0.673 bits per heavy atom. The zero-order valence-corrected chi connectivity index (χ0v) is 64.2. The number of methoxy groups -OCH3 is 3. The average Bonchev–Trinajstić information content (AvgIpc) is 1.53. The molecule has 6 aromatic carbocycles. The summed E-state index contributed by atoms with van der Waals surface area (Å²) in [4.78, 5) is 120. The van der Waals surface area contributed by atoms with Crippen molar-refractivity contribution in [3.8, 4) is 40.6 Å². The van der Waals surface area contributed by atoms with E-state index in [2.05, 4.69) is 33.1 Å². The second-order valence-corrected chi connectivity index (χ2v) is 29.8. The summed E-state index contributed by atoms with van der Waals surface area (Å²) in [5.74, 6) is 4.88. The van der Waals surface area contributed by atoms with Crippen molar-refractivity contribution in [2.24, 2.45) is 11.3 Å². The highest BCUT2D eigenvalue weighted by molar-refractivity contribution is 6.07. The largest absolute Gasteiger partial charge is 0.497 e. The lowest BCUT2D eigenvalue weighted by Gasteiger charge is -2.31. The van der Waals surface area contributed by atoms with Crippen LogP contribution in [0.2, 0.25) is 0 Å². The number of nitrogens with zero attached hydrogens (tertiary/aromatic N) is 5. The fourth-order valence-corrected chi connectivity index (χ4v) is 16.1. The minimum Gasteiger partial charge on any atom is -0.497 e. The van der Waals surface area contributed by atoms with Crippen molar-refractivity contribution < 1.29 is 90.8 Å². The highest BCUT2D eigenvalue weighted by atomic mass is 16.6. The maximum atomic E-state index is 15.3. The summed E-state index contributed by atoms with van der Waals surface area (Å²) in [5.41, 5.74) is 7.16. The molecule has 8 amide bonds. The summed E-state index contributed by atoms with van der Waals surface area (Å²) in [7, 11) is 4.55. The van der Waals surface area contributed by atoms with Crippen molar-refractivity contribution in [1.82, 2.24) is 30.2 Å². The Morgan fingerprint density at radius 2 is 1.32 bits per heavy atom. The molecule has 2 spiro atoms. The molecule has 9 aliphatic rings. The van der Waals surface area contributed by atoms with Crippen molar-refractivity contribution in [1.29, 1.82) is 0 Å². The molecule has 8 atom stereocenters. The van der Waals surface area contributed by atoms with E-state index in [1.54, 1.807) is 52.1 Å². The van der Waals surface area contributed by atoms with E-state index in [1.165, 1.54) is 33.3 Å². The molecule has 113 heavy (non-hydrogen) atoms. The van der Waals surface area contributed by atoms with E-state index in [0.717, 1.165) is 51.3 Å². The first-order valence-corrected chi connectivity index (χ1v) is 38.6. The minimum atomic E-state index is -1.48. The van der Waals surface area contributed by atoms with Crippen molar-refractivity contribution >= 4 is 75.8 Å². The first-order chi connectivity index (χ1) is 54.8. The van der Waals surface area contributed by atoms with E-state index >= 15 is 9.59 Å². The van der Waals surface area contributed by atoms with E-state index in [4.69, 9.17) is 47.4 Å². The molecule has 6 unspecified atom stereocenters. The second kappa shape index (κ2) is 34.9. The van der Waals surface area contributed by atoms with Crippen LogP contribution < -0.4 is 59.2 Å². The number of rotatable bonds is 23. The topological polar surface area (TPSA) is 310 Å². The van der Waals surface area contributed by atoms with Crippen LogP contribution in [-0.4, -0.2) is 212 Å². The van der Waals surface area contributed by atoms with Crippen molar-refractivity contribution in [3.63, 3.8) is 0 Å². The van der Waals surface area contributed by atoms with E-state index in [9.17, 15) is 33.9 Å². The lowest BCUT2D eigenvalue weighted by molar-refractivity contribution is -0.132. The third-order valence-electron chi connectivity index (χ3n) is 22.5. The van der Waals surface area contributed by atoms with Crippen LogP contribution in [0.4, 0.5) is 27.5 Å². The summed E-state index contributed by atoms with van der Waals surface area (Å²) >= 11 is 0. The molecule has 1 saturated carbocycles. The lowest BCUT2D eigenvalue weighted by Crippen LogP contribution is -2.56. The molecule has 1 aliphatic carbocycles. The molecule has 8 heterocycles. The van der Waals surface area contributed by atoms with Crippen molar-refractivity contribution in [3.05, 3.63) is 166 Å². The Hall–Kier alpha value is -11.1. The quantitative estimate of drug-likeness (QED) is 0.0176.